The molecule has 0 amide bonds. The monoisotopic (exact) mass is 240 g/mol. The zero-order chi connectivity index (χ0) is 12.5. The fraction of sp³-hybridized carbons (Fsp3) is 0.267. The summed E-state index contributed by atoms with van der Waals surface area (Å²) in [7, 11) is 1.78. The highest BCUT2D eigenvalue weighted by Crippen LogP contribution is 2.28. The van der Waals surface area contributed by atoms with Crippen LogP contribution >= 0.6 is 0 Å². The van der Waals surface area contributed by atoms with Crippen molar-refractivity contribution in [3.63, 3.8) is 0 Å². The summed E-state index contributed by atoms with van der Waals surface area (Å²) >= 11 is 0. The summed E-state index contributed by atoms with van der Waals surface area (Å²) in [5.74, 6) is 0. The van der Waals surface area contributed by atoms with Gasteiger partial charge in [-0.25, -0.2) is 0 Å². The van der Waals surface area contributed by atoms with Crippen LogP contribution in [0.1, 0.15) is 11.1 Å². The Hall–Kier alpha value is -2.03. The summed E-state index contributed by atoms with van der Waals surface area (Å²) in [5, 5.41) is 0. The second-order valence-electron chi connectivity index (χ2n) is 4.78. The van der Waals surface area contributed by atoms with E-state index in [0.717, 1.165) is 25.1 Å². The van der Waals surface area contributed by atoms with E-state index < -0.39 is 0 Å². The maximum atomic E-state index is 11.6. The molecule has 1 aromatic carbocycles. The maximum absolute atomic E-state index is 11.6. The lowest BCUT2D eigenvalue weighted by atomic mass is 10.2. The third-order valence-electron chi connectivity index (χ3n) is 3.53. The Morgan fingerprint density at radius 2 is 2.06 bits per heavy atom. The van der Waals surface area contributed by atoms with E-state index >= 15 is 0 Å². The molecule has 18 heavy (non-hydrogen) atoms. The third kappa shape index (κ3) is 1.92. The molecule has 0 saturated carbocycles. The number of anilines is 1. The smallest absolute Gasteiger partial charge is 0.250 e. The predicted molar refractivity (Wildman–Crippen MR) is 72.9 cm³/mol. The molecule has 2 heterocycles. The highest BCUT2D eigenvalue weighted by molar-refractivity contribution is 5.57. The van der Waals surface area contributed by atoms with Gasteiger partial charge in [0.15, 0.2) is 0 Å². The molecule has 3 heteroatoms. The van der Waals surface area contributed by atoms with E-state index in [2.05, 4.69) is 29.2 Å². The van der Waals surface area contributed by atoms with Crippen molar-refractivity contribution >= 4 is 5.69 Å². The van der Waals surface area contributed by atoms with Crippen molar-refractivity contribution in [3.05, 3.63) is 64.1 Å². The van der Waals surface area contributed by atoms with Crippen LogP contribution in [0.5, 0.6) is 0 Å². The Labute approximate surface area is 106 Å². The number of aryl methyl sites for hydroxylation is 1. The Morgan fingerprint density at radius 1 is 1.22 bits per heavy atom. The van der Waals surface area contributed by atoms with Gasteiger partial charge in [0.05, 0.1) is 0 Å². The highest BCUT2D eigenvalue weighted by Gasteiger charge is 2.18. The van der Waals surface area contributed by atoms with Gasteiger partial charge in [-0.2, -0.15) is 0 Å². The number of para-hydroxylation sites is 1. The Morgan fingerprint density at radius 3 is 2.89 bits per heavy atom. The SMILES string of the molecule is Cn1ccc(CN2CCc3ccccc32)cc1=O. The van der Waals surface area contributed by atoms with E-state index in [0.29, 0.717) is 0 Å². The molecule has 1 aliphatic heterocycles. The first kappa shape index (κ1) is 11.1. The van der Waals surface area contributed by atoms with Gasteiger partial charge in [-0.3, -0.25) is 4.79 Å². The summed E-state index contributed by atoms with van der Waals surface area (Å²) < 4.78 is 1.60. The van der Waals surface area contributed by atoms with E-state index in [1.54, 1.807) is 17.7 Å². The molecule has 0 atom stereocenters. The van der Waals surface area contributed by atoms with E-state index in [9.17, 15) is 4.79 Å². The first-order valence-corrected chi connectivity index (χ1v) is 6.22. The molecular formula is C15H16N2O. The molecule has 2 aromatic rings. The van der Waals surface area contributed by atoms with Crippen molar-refractivity contribution in [2.45, 2.75) is 13.0 Å². The lowest BCUT2D eigenvalue weighted by Crippen LogP contribution is -2.22. The number of nitrogens with zero attached hydrogens (tertiary/aromatic N) is 2. The number of hydrogen-bond acceptors (Lipinski definition) is 2. The average Bonchev–Trinajstić information content (AvgIpc) is 2.78. The zero-order valence-electron chi connectivity index (χ0n) is 10.5. The van der Waals surface area contributed by atoms with Gasteiger partial charge in [0.1, 0.15) is 0 Å². The van der Waals surface area contributed by atoms with Crippen molar-refractivity contribution in [3.8, 4) is 0 Å². The van der Waals surface area contributed by atoms with E-state index in [1.165, 1.54) is 11.3 Å². The van der Waals surface area contributed by atoms with Crippen molar-refractivity contribution < 1.29 is 0 Å². The maximum Gasteiger partial charge on any atom is 0.250 e. The molecule has 0 aliphatic carbocycles. The molecule has 0 saturated heterocycles. The zero-order valence-corrected chi connectivity index (χ0v) is 10.5. The minimum Gasteiger partial charge on any atom is -0.367 e. The third-order valence-corrected chi connectivity index (χ3v) is 3.53. The molecule has 0 spiro atoms. The second kappa shape index (κ2) is 4.33. The number of benzene rings is 1. The largest absolute Gasteiger partial charge is 0.367 e. The lowest BCUT2D eigenvalue weighted by molar-refractivity contribution is 0.810. The van der Waals surface area contributed by atoms with Gasteiger partial charge in [0.25, 0.3) is 5.56 Å². The van der Waals surface area contributed by atoms with Gasteiger partial charge in [0, 0.05) is 38.1 Å². The van der Waals surface area contributed by atoms with Crippen LogP contribution in [0.25, 0.3) is 0 Å². The van der Waals surface area contributed by atoms with E-state index in [-0.39, 0.29) is 5.56 Å². The fourth-order valence-corrected chi connectivity index (χ4v) is 2.48. The van der Waals surface area contributed by atoms with Gasteiger partial charge >= 0.3 is 0 Å². The van der Waals surface area contributed by atoms with Gasteiger partial charge in [-0.1, -0.05) is 18.2 Å². The summed E-state index contributed by atoms with van der Waals surface area (Å²) in [6.07, 6.45) is 2.93. The Kier molecular flexibility index (Phi) is 2.67. The molecule has 0 unspecified atom stereocenters. The highest BCUT2D eigenvalue weighted by atomic mass is 16.1. The number of aromatic nitrogens is 1. The van der Waals surface area contributed by atoms with Crippen molar-refractivity contribution in [1.82, 2.24) is 4.57 Å². The van der Waals surface area contributed by atoms with Crippen LogP contribution in [0.2, 0.25) is 0 Å². The number of pyridine rings is 1. The summed E-state index contributed by atoms with van der Waals surface area (Å²) in [6, 6.07) is 12.2. The van der Waals surface area contributed by atoms with Crippen LogP contribution in [0, 0.1) is 0 Å². The van der Waals surface area contributed by atoms with Gasteiger partial charge in [-0.05, 0) is 29.7 Å². The average molecular weight is 240 g/mol. The standard InChI is InChI=1S/C15H16N2O/c1-16-8-6-12(10-15(16)18)11-17-9-7-13-4-2-3-5-14(13)17/h2-6,8,10H,7,9,11H2,1H3. The number of hydrogen-bond donors (Lipinski definition) is 0. The Balaban J connectivity index is 1.86. The molecule has 1 aliphatic rings. The quantitative estimate of drug-likeness (QED) is 0.801. The second-order valence-corrected chi connectivity index (χ2v) is 4.78. The van der Waals surface area contributed by atoms with Crippen LogP contribution in [0.4, 0.5) is 5.69 Å². The molecule has 3 rings (SSSR count). The molecule has 92 valence electrons. The fourth-order valence-electron chi connectivity index (χ4n) is 2.48. The van der Waals surface area contributed by atoms with Crippen LogP contribution in [-0.4, -0.2) is 11.1 Å². The summed E-state index contributed by atoms with van der Waals surface area (Å²) in [4.78, 5) is 13.9. The number of fused-ring (bicyclic) bond motifs is 1. The lowest BCUT2D eigenvalue weighted by Gasteiger charge is -2.19. The molecule has 0 radical (unpaired) electrons. The molecule has 1 aromatic heterocycles. The minimum atomic E-state index is 0.0555. The minimum absolute atomic E-state index is 0.0555. The van der Waals surface area contributed by atoms with Crippen LogP contribution in [0.15, 0.2) is 47.4 Å². The van der Waals surface area contributed by atoms with E-state index in [4.69, 9.17) is 0 Å². The molecule has 3 nitrogen and oxygen atoms in total. The van der Waals surface area contributed by atoms with Gasteiger partial charge in [-0.15, -0.1) is 0 Å². The number of rotatable bonds is 2. The van der Waals surface area contributed by atoms with E-state index in [1.807, 2.05) is 12.3 Å². The molecular weight excluding hydrogens is 224 g/mol. The first-order valence-electron chi connectivity index (χ1n) is 6.22. The predicted octanol–water partition coefficient (Wildman–Crippen LogP) is 1.95. The molecule has 0 bridgehead atoms. The summed E-state index contributed by atoms with van der Waals surface area (Å²) in [6.45, 7) is 1.85. The topological polar surface area (TPSA) is 25.2 Å². The molecule has 0 fully saturated rings. The summed E-state index contributed by atoms with van der Waals surface area (Å²) in [5.41, 5.74) is 3.84. The molecule has 0 N–H and O–H groups in total. The van der Waals surface area contributed by atoms with Crippen LogP contribution in [-0.2, 0) is 20.0 Å². The van der Waals surface area contributed by atoms with Crippen LogP contribution < -0.4 is 10.5 Å². The van der Waals surface area contributed by atoms with Crippen molar-refractivity contribution in [2.75, 3.05) is 11.4 Å². The van der Waals surface area contributed by atoms with Crippen molar-refractivity contribution in [2.24, 2.45) is 7.05 Å². The first-order chi connectivity index (χ1) is 8.74. The van der Waals surface area contributed by atoms with Crippen LogP contribution in [0.3, 0.4) is 0 Å². The van der Waals surface area contributed by atoms with Gasteiger partial charge < -0.3 is 9.47 Å². The van der Waals surface area contributed by atoms with Gasteiger partial charge in [0.2, 0.25) is 0 Å². The van der Waals surface area contributed by atoms with Crippen molar-refractivity contribution in [1.29, 1.82) is 0 Å². The Bertz CT molecular complexity index is 630. The normalized spacial score (nSPS) is 13.7.